The van der Waals surface area contributed by atoms with E-state index in [1.165, 1.54) is 19.3 Å². The molecular formula is C33H40N6O6S2. The molecular weight excluding hydrogens is 641 g/mol. The van der Waals surface area contributed by atoms with Crippen LogP contribution < -0.4 is 21.3 Å². The molecule has 3 aromatic rings. The van der Waals surface area contributed by atoms with Gasteiger partial charge in [-0.1, -0.05) is 67.1 Å². The van der Waals surface area contributed by atoms with Crippen molar-refractivity contribution >= 4 is 50.9 Å². The molecule has 0 aliphatic carbocycles. The smallest absolute Gasteiger partial charge is 0.283 e. The summed E-state index contributed by atoms with van der Waals surface area (Å²) < 4.78 is 0. The summed E-state index contributed by atoms with van der Waals surface area (Å²) in [6.45, 7) is 4.12. The highest BCUT2D eigenvalue weighted by Gasteiger charge is 2.30. The summed E-state index contributed by atoms with van der Waals surface area (Å²) >= 11 is 0. The van der Waals surface area contributed by atoms with Crippen molar-refractivity contribution in [1.82, 2.24) is 26.3 Å². The normalized spacial score (nSPS) is 12.8. The minimum atomic E-state index is -0.935. The SMILES string of the molecule is CNC(=O)[C@H](Cc1ccccc1)NC(=O)[C@H](CC(C)C)NC(=O)C(CCCNC(=O)c1cccnc1)SSc1ccccc1[N+](=O)[O-]. The maximum absolute atomic E-state index is 13.8. The third-order valence-corrected chi connectivity index (χ3v) is 9.79. The van der Waals surface area contributed by atoms with Crippen LogP contribution in [0.2, 0.25) is 0 Å². The molecule has 1 heterocycles. The Bertz CT molecular complexity index is 1500. The van der Waals surface area contributed by atoms with E-state index in [1.807, 2.05) is 44.2 Å². The van der Waals surface area contributed by atoms with Crippen molar-refractivity contribution in [2.45, 2.75) is 61.8 Å². The topological polar surface area (TPSA) is 172 Å². The zero-order valence-corrected chi connectivity index (χ0v) is 28.1. The molecule has 3 atom stereocenters. The largest absolute Gasteiger partial charge is 0.357 e. The lowest BCUT2D eigenvalue weighted by molar-refractivity contribution is -0.387. The molecule has 0 spiro atoms. The zero-order valence-electron chi connectivity index (χ0n) is 26.5. The molecule has 14 heteroatoms. The number of carbonyl (C=O) groups excluding carboxylic acids is 4. The highest BCUT2D eigenvalue weighted by atomic mass is 33.1. The number of nitrogens with one attached hydrogen (secondary N) is 4. The average molecular weight is 681 g/mol. The van der Waals surface area contributed by atoms with E-state index in [4.69, 9.17) is 0 Å². The highest BCUT2D eigenvalue weighted by Crippen LogP contribution is 2.40. The third-order valence-electron chi connectivity index (χ3n) is 6.96. The molecule has 3 rings (SSSR count). The van der Waals surface area contributed by atoms with Crippen molar-refractivity contribution in [3.63, 3.8) is 0 Å². The van der Waals surface area contributed by atoms with E-state index in [0.717, 1.165) is 27.2 Å². The number of likely N-dealkylation sites (N-methyl/N-ethyl adjacent to an activating group) is 1. The van der Waals surface area contributed by atoms with Crippen LogP contribution in [-0.4, -0.2) is 64.5 Å². The summed E-state index contributed by atoms with van der Waals surface area (Å²) in [6.07, 6.45) is 4.34. The highest BCUT2D eigenvalue weighted by molar-refractivity contribution is 8.77. The van der Waals surface area contributed by atoms with Crippen molar-refractivity contribution in [2.75, 3.05) is 13.6 Å². The molecule has 0 bridgehead atoms. The van der Waals surface area contributed by atoms with Gasteiger partial charge in [0.15, 0.2) is 0 Å². The Labute approximate surface area is 282 Å². The molecule has 4 amide bonds. The standard InChI is InChI=1S/C33H40N6O6S2/c1-22(2)19-25(32(42)37-26(31(41)34-3)20-23-11-5-4-6-12-23)38-33(43)29(47-46-28-15-8-7-14-27(28)39(44)45)16-10-18-36-30(40)24-13-9-17-35-21-24/h4-9,11-15,17,21-22,25-26,29H,10,16,18-20H2,1-3H3,(H,34,41)(H,36,40)(H,37,42)(H,38,43)/t25-,26-,29?/m0/s1. The molecule has 1 unspecified atom stereocenters. The third kappa shape index (κ3) is 12.4. The van der Waals surface area contributed by atoms with Gasteiger partial charge in [0.05, 0.1) is 20.6 Å². The number of aromatic nitrogens is 1. The number of amides is 4. The minimum Gasteiger partial charge on any atom is -0.357 e. The predicted octanol–water partition coefficient (Wildman–Crippen LogP) is 4.31. The second-order valence-corrected chi connectivity index (χ2v) is 13.5. The van der Waals surface area contributed by atoms with Crippen LogP contribution in [0.1, 0.15) is 49.0 Å². The number of nitrogens with zero attached hydrogens (tertiary/aromatic N) is 2. The van der Waals surface area contributed by atoms with Crippen LogP contribution in [0.3, 0.4) is 0 Å². The predicted molar refractivity (Wildman–Crippen MR) is 184 cm³/mol. The van der Waals surface area contributed by atoms with Gasteiger partial charge in [-0.05, 0) is 59.7 Å². The number of rotatable bonds is 18. The summed E-state index contributed by atoms with van der Waals surface area (Å²) in [5.41, 5.74) is 1.20. The van der Waals surface area contributed by atoms with E-state index >= 15 is 0 Å². The fourth-order valence-corrected chi connectivity index (χ4v) is 7.21. The number of para-hydroxylation sites is 1. The Morgan fingerprint density at radius 3 is 2.26 bits per heavy atom. The van der Waals surface area contributed by atoms with Gasteiger partial charge in [-0.2, -0.15) is 0 Å². The molecule has 0 saturated heterocycles. The second kappa shape index (κ2) is 19.3. The van der Waals surface area contributed by atoms with Crippen LogP contribution >= 0.6 is 21.6 Å². The zero-order chi connectivity index (χ0) is 34.2. The molecule has 0 aliphatic rings. The van der Waals surface area contributed by atoms with Crippen LogP contribution in [0.4, 0.5) is 5.69 Å². The quantitative estimate of drug-likeness (QED) is 0.0661. The van der Waals surface area contributed by atoms with E-state index in [0.29, 0.717) is 29.7 Å². The Balaban J connectivity index is 1.74. The van der Waals surface area contributed by atoms with Crippen molar-refractivity contribution < 1.29 is 24.1 Å². The van der Waals surface area contributed by atoms with Crippen molar-refractivity contribution in [1.29, 1.82) is 0 Å². The van der Waals surface area contributed by atoms with Crippen molar-refractivity contribution in [2.24, 2.45) is 5.92 Å². The molecule has 0 radical (unpaired) electrons. The van der Waals surface area contributed by atoms with E-state index in [1.54, 1.807) is 36.5 Å². The molecule has 47 heavy (non-hydrogen) atoms. The van der Waals surface area contributed by atoms with Crippen LogP contribution in [0.15, 0.2) is 84.0 Å². The van der Waals surface area contributed by atoms with E-state index in [-0.39, 0.29) is 36.4 Å². The van der Waals surface area contributed by atoms with Crippen molar-refractivity contribution in [3.05, 3.63) is 100 Å². The molecule has 0 aliphatic heterocycles. The van der Waals surface area contributed by atoms with E-state index in [9.17, 15) is 29.3 Å². The van der Waals surface area contributed by atoms with Crippen LogP contribution in [-0.2, 0) is 20.8 Å². The van der Waals surface area contributed by atoms with Gasteiger partial charge in [-0.3, -0.25) is 34.3 Å². The number of hydrogen-bond donors (Lipinski definition) is 4. The van der Waals surface area contributed by atoms with E-state index in [2.05, 4.69) is 26.3 Å². The molecule has 12 nitrogen and oxygen atoms in total. The summed E-state index contributed by atoms with van der Waals surface area (Å²) in [4.78, 5) is 67.9. The van der Waals surface area contributed by atoms with Gasteiger partial charge < -0.3 is 21.3 Å². The maximum atomic E-state index is 13.8. The van der Waals surface area contributed by atoms with Crippen molar-refractivity contribution in [3.8, 4) is 0 Å². The molecule has 0 saturated carbocycles. The lowest BCUT2D eigenvalue weighted by Gasteiger charge is -2.25. The second-order valence-electron chi connectivity index (χ2n) is 11.1. The first-order valence-corrected chi connectivity index (χ1v) is 17.4. The van der Waals surface area contributed by atoms with Crippen LogP contribution in [0, 0.1) is 16.0 Å². The molecule has 0 fully saturated rings. The number of nitro groups is 1. The van der Waals surface area contributed by atoms with Gasteiger partial charge in [0.25, 0.3) is 11.6 Å². The summed E-state index contributed by atoms with van der Waals surface area (Å²) in [5, 5.41) is 22.0. The van der Waals surface area contributed by atoms with Gasteiger partial charge in [-0.15, -0.1) is 0 Å². The first-order chi connectivity index (χ1) is 22.6. The minimum absolute atomic E-state index is 0.0359. The molecule has 250 valence electrons. The lowest BCUT2D eigenvalue weighted by Crippen LogP contribution is -2.55. The number of benzene rings is 2. The molecule has 1 aromatic heterocycles. The van der Waals surface area contributed by atoms with Gasteiger partial charge in [0.2, 0.25) is 17.7 Å². The summed E-state index contributed by atoms with van der Waals surface area (Å²) in [5.74, 6) is -1.54. The summed E-state index contributed by atoms with van der Waals surface area (Å²) in [7, 11) is 3.75. The van der Waals surface area contributed by atoms with E-state index < -0.39 is 34.1 Å². The first-order valence-electron chi connectivity index (χ1n) is 15.2. The fraction of sp³-hybridized carbons (Fsp3) is 0.364. The molecule has 2 aromatic carbocycles. The fourth-order valence-electron chi connectivity index (χ4n) is 4.57. The van der Waals surface area contributed by atoms with Crippen LogP contribution in [0.25, 0.3) is 0 Å². The van der Waals surface area contributed by atoms with Gasteiger partial charge in [0.1, 0.15) is 12.1 Å². The number of carbonyl (C=O) groups is 4. The maximum Gasteiger partial charge on any atom is 0.283 e. The van der Waals surface area contributed by atoms with Gasteiger partial charge in [0, 0.05) is 38.5 Å². The Hall–Kier alpha value is -4.43. The summed E-state index contributed by atoms with van der Waals surface area (Å²) in [6, 6.07) is 17.1. The Morgan fingerprint density at radius 1 is 0.894 bits per heavy atom. The van der Waals surface area contributed by atoms with Gasteiger partial charge >= 0.3 is 0 Å². The number of pyridine rings is 1. The average Bonchev–Trinajstić information content (AvgIpc) is 3.07. The monoisotopic (exact) mass is 680 g/mol. The molecule has 4 N–H and O–H groups in total. The number of nitro benzene ring substituents is 1. The lowest BCUT2D eigenvalue weighted by atomic mass is 10.0. The Morgan fingerprint density at radius 2 is 1.60 bits per heavy atom. The first kappa shape index (κ1) is 37.0. The van der Waals surface area contributed by atoms with Crippen LogP contribution in [0.5, 0.6) is 0 Å². The van der Waals surface area contributed by atoms with Gasteiger partial charge in [-0.25, -0.2) is 0 Å². The number of hydrogen-bond acceptors (Lipinski definition) is 9. The Kier molecular flexibility index (Phi) is 15.2.